The first kappa shape index (κ1) is 9.77. The Hall–Kier alpha value is -1.32. The van der Waals surface area contributed by atoms with Crippen LogP contribution in [0.2, 0.25) is 0 Å². The van der Waals surface area contributed by atoms with E-state index >= 15 is 0 Å². The number of aromatic nitrogens is 3. The molecule has 0 amide bonds. The molecule has 0 radical (unpaired) electrons. The molecule has 0 aromatic carbocycles. The molecule has 13 heavy (non-hydrogen) atoms. The molecule has 0 aliphatic rings. The highest BCUT2D eigenvalue weighted by Gasteiger charge is 2.10. The van der Waals surface area contributed by atoms with Crippen molar-refractivity contribution in [2.45, 2.75) is 33.7 Å². The van der Waals surface area contributed by atoms with E-state index in [0.717, 1.165) is 17.2 Å². The predicted molar refractivity (Wildman–Crippen MR) is 53.0 cm³/mol. The summed E-state index contributed by atoms with van der Waals surface area (Å²) in [4.78, 5) is 4.31. The van der Waals surface area contributed by atoms with E-state index in [1.54, 1.807) is 6.20 Å². The van der Waals surface area contributed by atoms with Crippen LogP contribution in [0.3, 0.4) is 0 Å². The lowest BCUT2D eigenvalue weighted by atomic mass is 10.3. The van der Waals surface area contributed by atoms with E-state index in [4.69, 9.17) is 5.73 Å². The SMILES string of the molecule is C/C(=C\N)c1nc(C)nn1C(C)C. The number of allylic oxidation sites excluding steroid dienone is 1. The third-order valence-corrected chi connectivity index (χ3v) is 1.83. The summed E-state index contributed by atoms with van der Waals surface area (Å²) in [5.41, 5.74) is 6.39. The van der Waals surface area contributed by atoms with Gasteiger partial charge < -0.3 is 5.73 Å². The van der Waals surface area contributed by atoms with Gasteiger partial charge in [0.05, 0.1) is 0 Å². The summed E-state index contributed by atoms with van der Waals surface area (Å²) in [7, 11) is 0. The van der Waals surface area contributed by atoms with Gasteiger partial charge in [0.1, 0.15) is 5.82 Å². The van der Waals surface area contributed by atoms with Gasteiger partial charge in [-0.05, 0) is 27.7 Å². The third kappa shape index (κ3) is 1.88. The molecule has 0 spiro atoms. The molecule has 0 unspecified atom stereocenters. The van der Waals surface area contributed by atoms with E-state index in [2.05, 4.69) is 23.9 Å². The van der Waals surface area contributed by atoms with Crippen molar-refractivity contribution in [3.63, 3.8) is 0 Å². The van der Waals surface area contributed by atoms with Crippen LogP contribution in [-0.2, 0) is 0 Å². The number of nitrogens with zero attached hydrogens (tertiary/aromatic N) is 3. The molecule has 1 rings (SSSR count). The fourth-order valence-corrected chi connectivity index (χ4v) is 1.13. The van der Waals surface area contributed by atoms with Gasteiger partial charge in [-0.15, -0.1) is 0 Å². The number of aryl methyl sites for hydroxylation is 1. The highest BCUT2D eigenvalue weighted by molar-refractivity contribution is 5.56. The molecule has 0 saturated carbocycles. The summed E-state index contributed by atoms with van der Waals surface area (Å²) in [6.45, 7) is 7.96. The zero-order chi connectivity index (χ0) is 10.0. The molecule has 2 N–H and O–H groups in total. The van der Waals surface area contributed by atoms with Crippen molar-refractivity contribution < 1.29 is 0 Å². The van der Waals surface area contributed by atoms with Gasteiger partial charge in [-0.1, -0.05) is 0 Å². The summed E-state index contributed by atoms with van der Waals surface area (Å²) in [5.74, 6) is 1.64. The molecule has 0 bridgehead atoms. The Kier molecular flexibility index (Phi) is 2.70. The highest BCUT2D eigenvalue weighted by atomic mass is 15.4. The molecule has 4 nitrogen and oxygen atoms in total. The van der Waals surface area contributed by atoms with Gasteiger partial charge in [-0.2, -0.15) is 5.10 Å². The topological polar surface area (TPSA) is 56.7 Å². The Bertz CT molecular complexity index is 322. The zero-order valence-electron chi connectivity index (χ0n) is 8.57. The predicted octanol–water partition coefficient (Wildman–Crippen LogP) is 1.49. The maximum atomic E-state index is 5.44. The fourth-order valence-electron chi connectivity index (χ4n) is 1.13. The summed E-state index contributed by atoms with van der Waals surface area (Å²) in [6, 6.07) is 0.311. The minimum atomic E-state index is 0.311. The Labute approximate surface area is 78.5 Å². The number of nitrogens with two attached hydrogens (primary N) is 1. The lowest BCUT2D eigenvalue weighted by molar-refractivity contribution is 0.522. The second-order valence-electron chi connectivity index (χ2n) is 3.37. The normalized spacial score (nSPS) is 12.5. The fraction of sp³-hybridized carbons (Fsp3) is 0.556. The molecule has 0 fully saturated rings. The van der Waals surface area contributed by atoms with Gasteiger partial charge in [0.2, 0.25) is 0 Å². The maximum absolute atomic E-state index is 5.44. The van der Waals surface area contributed by atoms with E-state index < -0.39 is 0 Å². The maximum Gasteiger partial charge on any atom is 0.155 e. The first-order chi connectivity index (χ1) is 6.06. The Balaban J connectivity index is 3.19. The molecule has 1 aromatic heterocycles. The first-order valence-electron chi connectivity index (χ1n) is 4.38. The smallest absolute Gasteiger partial charge is 0.155 e. The van der Waals surface area contributed by atoms with Crippen LogP contribution in [0.1, 0.15) is 38.5 Å². The number of hydrogen-bond acceptors (Lipinski definition) is 3. The van der Waals surface area contributed by atoms with Crippen LogP contribution in [0.15, 0.2) is 6.20 Å². The summed E-state index contributed by atoms with van der Waals surface area (Å²) in [6.07, 6.45) is 1.56. The lowest BCUT2D eigenvalue weighted by Crippen LogP contribution is -2.07. The monoisotopic (exact) mass is 180 g/mol. The first-order valence-corrected chi connectivity index (χ1v) is 4.38. The Morgan fingerprint density at radius 1 is 1.54 bits per heavy atom. The molecule has 72 valence electrons. The second kappa shape index (κ2) is 3.60. The standard InChI is InChI=1S/C9H16N4/c1-6(2)13-9(7(3)5-10)11-8(4)12-13/h5-6H,10H2,1-4H3/b7-5+. The Morgan fingerprint density at radius 3 is 2.62 bits per heavy atom. The third-order valence-electron chi connectivity index (χ3n) is 1.83. The van der Waals surface area contributed by atoms with Crippen molar-refractivity contribution in [3.05, 3.63) is 17.8 Å². The molecule has 1 heterocycles. The van der Waals surface area contributed by atoms with Crippen molar-refractivity contribution in [1.82, 2.24) is 14.8 Å². The number of hydrogen-bond donors (Lipinski definition) is 1. The quantitative estimate of drug-likeness (QED) is 0.750. The summed E-state index contributed by atoms with van der Waals surface area (Å²) < 4.78 is 1.88. The minimum Gasteiger partial charge on any atom is -0.404 e. The molecule has 0 atom stereocenters. The van der Waals surface area contributed by atoms with Crippen molar-refractivity contribution >= 4 is 5.57 Å². The van der Waals surface area contributed by atoms with Crippen LogP contribution in [0.25, 0.3) is 5.57 Å². The van der Waals surface area contributed by atoms with E-state index in [1.807, 2.05) is 18.5 Å². The van der Waals surface area contributed by atoms with E-state index in [1.165, 1.54) is 0 Å². The van der Waals surface area contributed by atoms with Gasteiger partial charge >= 0.3 is 0 Å². The van der Waals surface area contributed by atoms with Crippen LogP contribution >= 0.6 is 0 Å². The molecule has 0 aliphatic carbocycles. The van der Waals surface area contributed by atoms with Crippen molar-refractivity contribution in [3.8, 4) is 0 Å². The lowest BCUT2D eigenvalue weighted by Gasteiger charge is -2.08. The summed E-state index contributed by atoms with van der Waals surface area (Å²) in [5, 5.41) is 4.29. The van der Waals surface area contributed by atoms with E-state index in [9.17, 15) is 0 Å². The van der Waals surface area contributed by atoms with Crippen molar-refractivity contribution in [2.24, 2.45) is 5.73 Å². The molecule has 0 saturated heterocycles. The second-order valence-corrected chi connectivity index (χ2v) is 3.37. The average molecular weight is 180 g/mol. The van der Waals surface area contributed by atoms with Gasteiger partial charge in [0.15, 0.2) is 5.82 Å². The molecule has 4 heteroatoms. The average Bonchev–Trinajstić information content (AvgIpc) is 2.46. The van der Waals surface area contributed by atoms with Crippen molar-refractivity contribution in [2.75, 3.05) is 0 Å². The molecular formula is C9H16N4. The highest BCUT2D eigenvalue weighted by Crippen LogP contribution is 2.14. The van der Waals surface area contributed by atoms with Crippen molar-refractivity contribution in [1.29, 1.82) is 0 Å². The largest absolute Gasteiger partial charge is 0.404 e. The van der Waals surface area contributed by atoms with Gasteiger partial charge in [0.25, 0.3) is 0 Å². The summed E-state index contributed by atoms with van der Waals surface area (Å²) >= 11 is 0. The van der Waals surface area contributed by atoms with Crippen LogP contribution in [0, 0.1) is 6.92 Å². The van der Waals surface area contributed by atoms with Gasteiger partial charge in [0, 0.05) is 17.8 Å². The van der Waals surface area contributed by atoms with Crippen LogP contribution in [0.5, 0.6) is 0 Å². The van der Waals surface area contributed by atoms with E-state index in [-0.39, 0.29) is 0 Å². The number of rotatable bonds is 2. The Morgan fingerprint density at radius 2 is 2.15 bits per heavy atom. The van der Waals surface area contributed by atoms with Crippen LogP contribution in [-0.4, -0.2) is 14.8 Å². The van der Waals surface area contributed by atoms with Gasteiger partial charge in [-0.25, -0.2) is 9.67 Å². The van der Waals surface area contributed by atoms with E-state index in [0.29, 0.717) is 6.04 Å². The molecule has 0 aliphatic heterocycles. The van der Waals surface area contributed by atoms with Crippen LogP contribution < -0.4 is 5.73 Å². The molecule has 1 aromatic rings. The zero-order valence-corrected chi connectivity index (χ0v) is 8.57. The minimum absolute atomic E-state index is 0.311. The van der Waals surface area contributed by atoms with Gasteiger partial charge in [-0.3, -0.25) is 0 Å². The molecular weight excluding hydrogens is 164 g/mol. The van der Waals surface area contributed by atoms with Crippen LogP contribution in [0.4, 0.5) is 0 Å².